The van der Waals surface area contributed by atoms with Crippen LogP contribution in [0.5, 0.6) is 0 Å². The molecule has 82 valence electrons. The minimum absolute atomic E-state index is 0.00252. The van der Waals surface area contributed by atoms with E-state index in [1.165, 1.54) is 6.07 Å². The molecule has 0 saturated heterocycles. The molecule has 0 bridgehead atoms. The molecule has 0 unspecified atom stereocenters. The highest BCUT2D eigenvalue weighted by atomic mass is 79.9. The summed E-state index contributed by atoms with van der Waals surface area (Å²) in [4.78, 5) is 0. The third-order valence-electron chi connectivity index (χ3n) is 2.51. The largest absolute Gasteiger partial charge is 0.384 e. The molecule has 0 amide bonds. The summed E-state index contributed by atoms with van der Waals surface area (Å²) in [7, 11) is 0. The molecule has 0 saturated carbocycles. The Morgan fingerprint density at radius 3 is 2.50 bits per heavy atom. The Kier molecular flexibility index (Phi) is 2.68. The number of rotatable bonds is 1. The van der Waals surface area contributed by atoms with Gasteiger partial charge in [0.05, 0.1) is 4.47 Å². The molecule has 2 nitrogen and oxygen atoms in total. The zero-order valence-electron chi connectivity index (χ0n) is 8.64. The van der Waals surface area contributed by atoms with Gasteiger partial charge in [-0.1, -0.05) is 6.07 Å². The van der Waals surface area contributed by atoms with Gasteiger partial charge in [-0.05, 0) is 57.4 Å². The highest BCUT2D eigenvalue weighted by molar-refractivity contribution is 9.10. The SMILES string of the molecule is Cc1cc2cc(Br)c(F)cc2cc1C(=N)N. The zero-order valence-corrected chi connectivity index (χ0v) is 10.2. The molecule has 0 aliphatic rings. The molecular formula is C12H10BrFN2. The van der Waals surface area contributed by atoms with Gasteiger partial charge in [0.25, 0.3) is 0 Å². The molecule has 0 aromatic heterocycles. The smallest absolute Gasteiger partial charge is 0.138 e. The maximum Gasteiger partial charge on any atom is 0.138 e. The molecule has 0 fully saturated rings. The Balaban J connectivity index is 2.79. The van der Waals surface area contributed by atoms with Crippen molar-refractivity contribution in [3.8, 4) is 0 Å². The van der Waals surface area contributed by atoms with Crippen LogP contribution in [0, 0.1) is 18.2 Å². The number of amidine groups is 1. The maximum absolute atomic E-state index is 13.4. The van der Waals surface area contributed by atoms with Crippen LogP contribution in [0.25, 0.3) is 10.8 Å². The predicted octanol–water partition coefficient (Wildman–Crippen LogP) is 3.33. The van der Waals surface area contributed by atoms with Crippen LogP contribution in [0.3, 0.4) is 0 Å². The number of benzene rings is 2. The summed E-state index contributed by atoms with van der Waals surface area (Å²) in [5.74, 6) is -0.311. The van der Waals surface area contributed by atoms with E-state index in [0.29, 0.717) is 10.0 Å². The van der Waals surface area contributed by atoms with Crippen molar-refractivity contribution in [3.05, 3.63) is 45.7 Å². The second kappa shape index (κ2) is 3.87. The third-order valence-corrected chi connectivity index (χ3v) is 3.12. The van der Waals surface area contributed by atoms with E-state index >= 15 is 0 Å². The highest BCUT2D eigenvalue weighted by Crippen LogP contribution is 2.25. The number of nitrogens with two attached hydrogens (primary N) is 1. The van der Waals surface area contributed by atoms with Crippen molar-refractivity contribution in [1.29, 1.82) is 5.41 Å². The van der Waals surface area contributed by atoms with Crippen LogP contribution < -0.4 is 5.73 Å². The first-order chi connectivity index (χ1) is 7.49. The van der Waals surface area contributed by atoms with Crippen molar-refractivity contribution in [3.63, 3.8) is 0 Å². The number of fused-ring (bicyclic) bond motifs is 1. The molecule has 0 atom stereocenters. The second-order valence-electron chi connectivity index (χ2n) is 3.69. The number of nitrogens with one attached hydrogen (secondary N) is 1. The normalized spacial score (nSPS) is 10.7. The van der Waals surface area contributed by atoms with Gasteiger partial charge in [0.1, 0.15) is 11.7 Å². The van der Waals surface area contributed by atoms with Crippen molar-refractivity contribution in [2.45, 2.75) is 6.92 Å². The van der Waals surface area contributed by atoms with Gasteiger partial charge in [0.15, 0.2) is 0 Å². The van der Waals surface area contributed by atoms with E-state index in [1.54, 1.807) is 12.1 Å². The Hall–Kier alpha value is -1.42. The first-order valence-corrected chi connectivity index (χ1v) is 5.52. The molecular weight excluding hydrogens is 271 g/mol. The standard InChI is InChI=1S/C12H10BrFN2/c1-6-2-7-4-10(13)11(14)5-8(7)3-9(6)12(15)16/h2-5H,1H3,(H3,15,16). The van der Waals surface area contributed by atoms with Crippen molar-refractivity contribution in [2.24, 2.45) is 5.73 Å². The van der Waals surface area contributed by atoms with Gasteiger partial charge in [-0.25, -0.2) is 4.39 Å². The Labute approximate surface area is 101 Å². The van der Waals surface area contributed by atoms with Crippen LogP contribution in [0.4, 0.5) is 4.39 Å². The van der Waals surface area contributed by atoms with E-state index in [9.17, 15) is 4.39 Å². The number of hydrogen-bond donors (Lipinski definition) is 2. The molecule has 0 aliphatic carbocycles. The van der Waals surface area contributed by atoms with E-state index in [0.717, 1.165) is 16.3 Å². The van der Waals surface area contributed by atoms with Crippen LogP contribution in [0.2, 0.25) is 0 Å². The summed E-state index contributed by atoms with van der Waals surface area (Å²) in [6.07, 6.45) is 0. The Morgan fingerprint density at radius 1 is 1.25 bits per heavy atom. The Bertz CT molecular complexity index is 593. The van der Waals surface area contributed by atoms with E-state index in [4.69, 9.17) is 11.1 Å². The lowest BCUT2D eigenvalue weighted by Crippen LogP contribution is -2.12. The van der Waals surface area contributed by atoms with E-state index < -0.39 is 0 Å². The molecule has 2 rings (SSSR count). The van der Waals surface area contributed by atoms with E-state index in [1.807, 2.05) is 13.0 Å². The van der Waals surface area contributed by atoms with Crippen molar-refractivity contribution < 1.29 is 4.39 Å². The summed E-state index contributed by atoms with van der Waals surface area (Å²) in [5.41, 5.74) is 7.02. The molecule has 2 aromatic rings. The average Bonchev–Trinajstić information content (AvgIpc) is 2.19. The van der Waals surface area contributed by atoms with Crippen molar-refractivity contribution >= 4 is 32.5 Å². The Morgan fingerprint density at radius 2 is 1.88 bits per heavy atom. The summed E-state index contributed by atoms with van der Waals surface area (Å²) in [6, 6.07) is 6.80. The molecule has 3 N–H and O–H groups in total. The number of nitrogen functional groups attached to an aromatic ring is 1. The monoisotopic (exact) mass is 280 g/mol. The molecule has 0 heterocycles. The van der Waals surface area contributed by atoms with Gasteiger partial charge >= 0.3 is 0 Å². The number of halogens is 2. The maximum atomic E-state index is 13.4. The lowest BCUT2D eigenvalue weighted by atomic mass is 10.0. The molecule has 0 spiro atoms. The average molecular weight is 281 g/mol. The number of aryl methyl sites for hydroxylation is 1. The first-order valence-electron chi connectivity index (χ1n) is 4.73. The van der Waals surface area contributed by atoms with Gasteiger partial charge in [-0.15, -0.1) is 0 Å². The molecule has 0 aliphatic heterocycles. The third kappa shape index (κ3) is 1.80. The fourth-order valence-electron chi connectivity index (χ4n) is 1.70. The van der Waals surface area contributed by atoms with Gasteiger partial charge < -0.3 is 5.73 Å². The zero-order chi connectivity index (χ0) is 11.9. The molecule has 2 aromatic carbocycles. The van der Waals surface area contributed by atoms with Crippen LogP contribution in [-0.4, -0.2) is 5.84 Å². The van der Waals surface area contributed by atoms with Crippen molar-refractivity contribution in [1.82, 2.24) is 0 Å². The minimum atomic E-state index is -0.314. The summed E-state index contributed by atoms with van der Waals surface area (Å²) < 4.78 is 13.8. The van der Waals surface area contributed by atoms with Crippen LogP contribution in [0.15, 0.2) is 28.7 Å². The summed E-state index contributed by atoms with van der Waals surface area (Å²) in [5, 5.41) is 9.10. The lowest BCUT2D eigenvalue weighted by molar-refractivity contribution is 0.623. The molecule has 16 heavy (non-hydrogen) atoms. The fraction of sp³-hybridized carbons (Fsp3) is 0.0833. The minimum Gasteiger partial charge on any atom is -0.384 e. The van der Waals surface area contributed by atoms with Gasteiger partial charge in [0.2, 0.25) is 0 Å². The van der Waals surface area contributed by atoms with Gasteiger partial charge in [-0.2, -0.15) is 0 Å². The van der Waals surface area contributed by atoms with Gasteiger partial charge in [0, 0.05) is 5.56 Å². The highest BCUT2D eigenvalue weighted by Gasteiger charge is 2.07. The number of hydrogen-bond acceptors (Lipinski definition) is 1. The summed E-state index contributed by atoms with van der Waals surface area (Å²) in [6.45, 7) is 1.88. The van der Waals surface area contributed by atoms with Gasteiger partial charge in [-0.3, -0.25) is 5.41 Å². The topological polar surface area (TPSA) is 49.9 Å². The van der Waals surface area contributed by atoms with Crippen LogP contribution in [-0.2, 0) is 0 Å². The van der Waals surface area contributed by atoms with Crippen LogP contribution >= 0.6 is 15.9 Å². The van der Waals surface area contributed by atoms with Crippen LogP contribution in [0.1, 0.15) is 11.1 Å². The molecule has 4 heteroatoms. The van der Waals surface area contributed by atoms with Crippen molar-refractivity contribution in [2.75, 3.05) is 0 Å². The fourth-order valence-corrected chi connectivity index (χ4v) is 2.06. The quantitative estimate of drug-likeness (QED) is 0.611. The molecule has 0 radical (unpaired) electrons. The van der Waals surface area contributed by atoms with E-state index in [2.05, 4.69) is 15.9 Å². The lowest BCUT2D eigenvalue weighted by Gasteiger charge is -2.07. The predicted molar refractivity (Wildman–Crippen MR) is 67.4 cm³/mol. The first kappa shape index (κ1) is 11.1. The second-order valence-corrected chi connectivity index (χ2v) is 4.55. The van der Waals surface area contributed by atoms with E-state index in [-0.39, 0.29) is 11.7 Å². The summed E-state index contributed by atoms with van der Waals surface area (Å²) >= 11 is 3.15.